The standard InChI is InChI=1S/C19H15Cl2N9O2/c1-11(16-26-10-27-30(16)17-22-4-2-5-23-17)28-18(31)29-14-9-15(13(21)8-12(14)20)32-19-24-6-3-7-25-19/h2-11H,1H3,(H2,28,29,31). The molecule has 0 saturated heterocycles. The molecule has 32 heavy (non-hydrogen) atoms. The van der Waals surface area contributed by atoms with E-state index in [2.05, 4.69) is 40.7 Å². The van der Waals surface area contributed by atoms with Gasteiger partial charge in [0.05, 0.1) is 21.8 Å². The second-order valence-electron chi connectivity index (χ2n) is 6.29. The highest BCUT2D eigenvalue weighted by atomic mass is 35.5. The minimum atomic E-state index is -0.535. The predicted octanol–water partition coefficient (Wildman–Crippen LogP) is 3.83. The number of hydrogen-bond acceptors (Lipinski definition) is 8. The van der Waals surface area contributed by atoms with Crippen molar-refractivity contribution in [3.63, 3.8) is 0 Å². The van der Waals surface area contributed by atoms with Crippen LogP contribution in [0.2, 0.25) is 10.0 Å². The largest absolute Gasteiger partial charge is 0.423 e. The van der Waals surface area contributed by atoms with Gasteiger partial charge >= 0.3 is 12.0 Å². The van der Waals surface area contributed by atoms with Gasteiger partial charge in [0, 0.05) is 30.9 Å². The second kappa shape index (κ2) is 9.54. The van der Waals surface area contributed by atoms with Gasteiger partial charge in [-0.05, 0) is 25.1 Å². The lowest BCUT2D eigenvalue weighted by atomic mass is 10.3. The molecule has 1 atom stereocenters. The van der Waals surface area contributed by atoms with E-state index in [1.165, 1.54) is 35.5 Å². The SMILES string of the molecule is CC(NC(=O)Nc1cc(Oc2ncccn2)c(Cl)cc1Cl)c1ncnn1-c1ncccn1. The van der Waals surface area contributed by atoms with Crippen LogP contribution in [0.1, 0.15) is 18.8 Å². The van der Waals surface area contributed by atoms with Gasteiger partial charge in [-0.15, -0.1) is 0 Å². The minimum absolute atomic E-state index is 0.100. The number of rotatable bonds is 6. The van der Waals surface area contributed by atoms with Gasteiger partial charge in [0.15, 0.2) is 11.6 Å². The number of nitrogens with one attached hydrogen (secondary N) is 2. The third-order valence-electron chi connectivity index (χ3n) is 4.06. The maximum atomic E-state index is 12.6. The summed E-state index contributed by atoms with van der Waals surface area (Å²) in [6.45, 7) is 1.74. The molecule has 3 aromatic heterocycles. The number of nitrogens with zero attached hydrogens (tertiary/aromatic N) is 7. The summed E-state index contributed by atoms with van der Waals surface area (Å²) in [6.07, 6.45) is 7.58. The summed E-state index contributed by atoms with van der Waals surface area (Å²) in [7, 11) is 0. The Morgan fingerprint density at radius 1 is 1.00 bits per heavy atom. The minimum Gasteiger partial charge on any atom is -0.423 e. The maximum absolute atomic E-state index is 12.6. The molecule has 2 N–H and O–H groups in total. The van der Waals surface area contributed by atoms with E-state index in [0.717, 1.165) is 0 Å². The Balaban J connectivity index is 1.48. The molecule has 3 heterocycles. The topological polar surface area (TPSA) is 133 Å². The third-order valence-corrected chi connectivity index (χ3v) is 4.67. The van der Waals surface area contributed by atoms with Gasteiger partial charge in [0.25, 0.3) is 5.95 Å². The number of carbonyl (C=O) groups is 1. The molecule has 162 valence electrons. The average molecular weight is 472 g/mol. The number of ether oxygens (including phenoxy) is 1. The zero-order valence-corrected chi connectivity index (χ0v) is 18.0. The van der Waals surface area contributed by atoms with E-state index < -0.39 is 12.1 Å². The van der Waals surface area contributed by atoms with Crippen molar-refractivity contribution in [1.82, 2.24) is 40.0 Å². The van der Waals surface area contributed by atoms with Crippen molar-refractivity contribution in [3.05, 3.63) is 71.2 Å². The molecule has 0 spiro atoms. The number of urea groups is 1. The molecule has 11 nitrogen and oxygen atoms in total. The summed E-state index contributed by atoms with van der Waals surface area (Å²) < 4.78 is 7.01. The molecule has 0 bridgehead atoms. The van der Waals surface area contributed by atoms with Crippen LogP contribution in [0, 0.1) is 0 Å². The van der Waals surface area contributed by atoms with Crippen LogP contribution in [0.5, 0.6) is 11.8 Å². The van der Waals surface area contributed by atoms with Crippen molar-refractivity contribution < 1.29 is 9.53 Å². The molecule has 0 aliphatic rings. The maximum Gasteiger partial charge on any atom is 0.321 e. The summed E-state index contributed by atoms with van der Waals surface area (Å²) in [5, 5.41) is 10.0. The zero-order chi connectivity index (χ0) is 22.5. The van der Waals surface area contributed by atoms with Gasteiger partial charge < -0.3 is 15.4 Å². The predicted molar refractivity (Wildman–Crippen MR) is 116 cm³/mol. The molecule has 0 fully saturated rings. The van der Waals surface area contributed by atoms with Crippen LogP contribution in [0.15, 0.2) is 55.4 Å². The number of benzene rings is 1. The van der Waals surface area contributed by atoms with Crippen LogP contribution in [0.3, 0.4) is 0 Å². The van der Waals surface area contributed by atoms with Crippen LogP contribution in [0.25, 0.3) is 5.95 Å². The molecule has 0 aliphatic carbocycles. The highest BCUT2D eigenvalue weighted by molar-refractivity contribution is 6.37. The number of carbonyl (C=O) groups excluding carboxylic acids is 1. The van der Waals surface area contributed by atoms with E-state index in [0.29, 0.717) is 11.8 Å². The number of aromatic nitrogens is 7. The van der Waals surface area contributed by atoms with Crippen molar-refractivity contribution in [2.45, 2.75) is 13.0 Å². The summed E-state index contributed by atoms with van der Waals surface area (Å²) in [4.78, 5) is 33.0. The lowest BCUT2D eigenvalue weighted by Crippen LogP contribution is -2.32. The van der Waals surface area contributed by atoms with Crippen molar-refractivity contribution in [2.75, 3.05) is 5.32 Å². The molecule has 4 rings (SSSR count). The first-order chi connectivity index (χ1) is 15.5. The molecule has 4 aromatic rings. The van der Waals surface area contributed by atoms with Gasteiger partial charge in [-0.2, -0.15) is 9.78 Å². The molecule has 0 aliphatic heterocycles. The summed E-state index contributed by atoms with van der Waals surface area (Å²) in [5.41, 5.74) is 0.277. The lowest BCUT2D eigenvalue weighted by molar-refractivity contribution is 0.248. The molecule has 0 saturated carbocycles. The average Bonchev–Trinajstić information content (AvgIpc) is 3.28. The summed E-state index contributed by atoms with van der Waals surface area (Å²) in [5.74, 6) is 1.00. The molecule has 0 radical (unpaired) electrons. The fourth-order valence-electron chi connectivity index (χ4n) is 2.66. The normalized spacial score (nSPS) is 11.6. The van der Waals surface area contributed by atoms with Crippen LogP contribution >= 0.6 is 23.2 Å². The van der Waals surface area contributed by atoms with E-state index >= 15 is 0 Å². The Bertz CT molecular complexity index is 1220. The Labute approximate surface area is 191 Å². The van der Waals surface area contributed by atoms with Gasteiger partial charge in [-0.25, -0.2) is 29.7 Å². The summed E-state index contributed by atoms with van der Waals surface area (Å²) >= 11 is 12.4. The lowest BCUT2D eigenvalue weighted by Gasteiger charge is -2.16. The first-order valence-corrected chi connectivity index (χ1v) is 9.95. The van der Waals surface area contributed by atoms with E-state index in [1.54, 1.807) is 31.5 Å². The van der Waals surface area contributed by atoms with E-state index in [9.17, 15) is 4.79 Å². The third kappa shape index (κ3) is 4.90. The Kier molecular flexibility index (Phi) is 6.38. The Hall–Kier alpha value is -3.83. The van der Waals surface area contributed by atoms with Crippen LogP contribution in [0.4, 0.5) is 10.5 Å². The van der Waals surface area contributed by atoms with Crippen molar-refractivity contribution >= 4 is 34.9 Å². The number of amides is 2. The van der Waals surface area contributed by atoms with Gasteiger partial charge in [-0.3, -0.25) is 0 Å². The molecule has 1 unspecified atom stereocenters. The molecular formula is C19H15Cl2N9O2. The Morgan fingerprint density at radius 3 is 2.41 bits per heavy atom. The van der Waals surface area contributed by atoms with Crippen molar-refractivity contribution in [3.8, 4) is 17.7 Å². The fourth-order valence-corrected chi connectivity index (χ4v) is 3.13. The molecule has 1 aromatic carbocycles. The first kappa shape index (κ1) is 21.4. The highest BCUT2D eigenvalue weighted by Gasteiger charge is 2.19. The molecule has 2 amide bonds. The number of hydrogen-bond donors (Lipinski definition) is 2. The molecular weight excluding hydrogens is 457 g/mol. The quantitative estimate of drug-likeness (QED) is 0.433. The van der Waals surface area contributed by atoms with Gasteiger partial charge in [0.1, 0.15) is 6.33 Å². The van der Waals surface area contributed by atoms with Crippen LogP contribution in [-0.2, 0) is 0 Å². The van der Waals surface area contributed by atoms with E-state index in [1.807, 2.05) is 0 Å². The van der Waals surface area contributed by atoms with E-state index in [-0.39, 0.29) is 27.5 Å². The fraction of sp³-hybridized carbons (Fsp3) is 0.105. The van der Waals surface area contributed by atoms with Gasteiger partial charge in [0.2, 0.25) is 0 Å². The van der Waals surface area contributed by atoms with E-state index in [4.69, 9.17) is 27.9 Å². The van der Waals surface area contributed by atoms with Crippen LogP contribution in [-0.4, -0.2) is 40.7 Å². The Morgan fingerprint density at radius 2 is 1.69 bits per heavy atom. The van der Waals surface area contributed by atoms with Crippen molar-refractivity contribution in [2.24, 2.45) is 0 Å². The highest BCUT2D eigenvalue weighted by Crippen LogP contribution is 2.36. The first-order valence-electron chi connectivity index (χ1n) is 9.20. The van der Waals surface area contributed by atoms with Crippen LogP contribution < -0.4 is 15.4 Å². The monoisotopic (exact) mass is 471 g/mol. The smallest absolute Gasteiger partial charge is 0.321 e. The number of anilines is 1. The number of halogens is 2. The van der Waals surface area contributed by atoms with Crippen molar-refractivity contribution in [1.29, 1.82) is 0 Å². The zero-order valence-electron chi connectivity index (χ0n) is 16.5. The second-order valence-corrected chi connectivity index (χ2v) is 7.11. The summed E-state index contributed by atoms with van der Waals surface area (Å²) in [6, 6.07) is 5.30. The molecule has 13 heteroatoms. The van der Waals surface area contributed by atoms with Gasteiger partial charge in [-0.1, -0.05) is 23.2 Å².